The second-order valence-corrected chi connectivity index (χ2v) is 16.5. The van der Waals surface area contributed by atoms with Crippen LogP contribution in [0.15, 0.2) is 26.1 Å². The van der Waals surface area contributed by atoms with Gasteiger partial charge in [-0.3, -0.25) is 0 Å². The predicted octanol–water partition coefficient (Wildman–Crippen LogP) is 8.61. The van der Waals surface area contributed by atoms with E-state index in [1.165, 1.54) is 4.21 Å². The zero-order valence-electron chi connectivity index (χ0n) is 21.6. The molecule has 0 spiro atoms. The number of thiol groups is 2. The number of amides is 2. The van der Waals surface area contributed by atoms with Crippen LogP contribution in [0, 0.1) is 5.92 Å². The summed E-state index contributed by atoms with van der Waals surface area (Å²) < 4.78 is 3.35. The SMILES string of the molecule is CCCCC(CC)CN1C(=O)c2c(-c3sc(-c4cc(S)c(SC)s4)cc3S)[se]c(C(C)(C)C)c2C1=O. The Hall–Kier alpha value is -0.411. The molecule has 194 valence electrons. The van der Waals surface area contributed by atoms with Crippen molar-refractivity contribution in [3.05, 3.63) is 27.7 Å². The number of imide groups is 1. The summed E-state index contributed by atoms with van der Waals surface area (Å²) in [6.07, 6.45) is 6.33. The van der Waals surface area contributed by atoms with Gasteiger partial charge in [0.25, 0.3) is 0 Å². The van der Waals surface area contributed by atoms with Crippen LogP contribution in [0.25, 0.3) is 19.1 Å². The van der Waals surface area contributed by atoms with Crippen molar-refractivity contribution in [1.82, 2.24) is 4.90 Å². The van der Waals surface area contributed by atoms with Gasteiger partial charge in [-0.1, -0.05) is 0 Å². The van der Waals surface area contributed by atoms with Crippen LogP contribution in [0.5, 0.6) is 0 Å². The molecule has 0 aromatic carbocycles. The fourth-order valence-electron chi connectivity index (χ4n) is 4.53. The zero-order chi connectivity index (χ0) is 26.4. The number of carbonyl (C=O) groups is 2. The molecule has 2 amide bonds. The number of thiophene rings is 2. The molecule has 9 heteroatoms. The van der Waals surface area contributed by atoms with E-state index in [0.717, 1.165) is 59.0 Å². The minimum atomic E-state index is -0.181. The van der Waals surface area contributed by atoms with Gasteiger partial charge in [0.1, 0.15) is 0 Å². The molecule has 1 atom stereocenters. The molecule has 1 unspecified atom stereocenters. The molecule has 4 rings (SSSR count). The number of thioether (sulfide) groups is 1. The zero-order valence-corrected chi connectivity index (χ0v) is 27.5. The number of fused-ring (bicyclic) bond motifs is 1. The van der Waals surface area contributed by atoms with E-state index < -0.39 is 0 Å². The Morgan fingerprint density at radius 1 is 1.03 bits per heavy atom. The third kappa shape index (κ3) is 5.36. The van der Waals surface area contributed by atoms with E-state index in [2.05, 4.69) is 65.6 Å². The van der Waals surface area contributed by atoms with Crippen molar-refractivity contribution in [3.8, 4) is 19.1 Å². The summed E-state index contributed by atoms with van der Waals surface area (Å²) in [7, 11) is 0. The molecule has 1 aliphatic rings. The van der Waals surface area contributed by atoms with E-state index >= 15 is 0 Å². The summed E-state index contributed by atoms with van der Waals surface area (Å²) in [5.41, 5.74) is 1.14. The fraction of sp³-hybridized carbons (Fsp3) is 0.481. The average Bonchev–Trinajstić information content (AvgIpc) is 3.56. The molecule has 3 nitrogen and oxygen atoms in total. The van der Waals surface area contributed by atoms with E-state index in [1.807, 2.05) is 0 Å². The first-order valence-electron chi connectivity index (χ1n) is 12.2. The first-order valence-corrected chi connectivity index (χ1v) is 17.7. The predicted molar refractivity (Wildman–Crippen MR) is 164 cm³/mol. The summed E-state index contributed by atoms with van der Waals surface area (Å²) in [4.78, 5) is 34.3. The van der Waals surface area contributed by atoms with Gasteiger partial charge in [0.2, 0.25) is 0 Å². The molecule has 0 saturated heterocycles. The third-order valence-electron chi connectivity index (χ3n) is 6.52. The van der Waals surface area contributed by atoms with Crippen LogP contribution in [-0.2, 0) is 5.41 Å². The number of nitrogens with zero attached hydrogens (tertiary/aromatic N) is 1. The van der Waals surface area contributed by atoms with Gasteiger partial charge in [0.15, 0.2) is 0 Å². The quantitative estimate of drug-likeness (QED) is 0.106. The molecule has 0 aliphatic carbocycles. The molecule has 3 aromatic rings. The molecule has 3 aromatic heterocycles. The van der Waals surface area contributed by atoms with Crippen molar-refractivity contribution >= 4 is 86.0 Å². The van der Waals surface area contributed by atoms with Gasteiger partial charge in [0.05, 0.1) is 0 Å². The molecule has 0 saturated carbocycles. The van der Waals surface area contributed by atoms with Gasteiger partial charge < -0.3 is 0 Å². The van der Waals surface area contributed by atoms with Gasteiger partial charge in [0, 0.05) is 0 Å². The molecular weight excluding hydrogens is 610 g/mol. The van der Waals surface area contributed by atoms with Gasteiger partial charge in [-0.05, 0) is 0 Å². The van der Waals surface area contributed by atoms with Gasteiger partial charge in [-0.15, -0.1) is 0 Å². The number of rotatable bonds is 9. The van der Waals surface area contributed by atoms with Crippen LogP contribution in [0.4, 0.5) is 0 Å². The van der Waals surface area contributed by atoms with Crippen LogP contribution < -0.4 is 0 Å². The van der Waals surface area contributed by atoms with Crippen molar-refractivity contribution in [3.63, 3.8) is 0 Å². The van der Waals surface area contributed by atoms with Gasteiger partial charge in [-0.2, -0.15) is 0 Å². The Morgan fingerprint density at radius 2 is 1.67 bits per heavy atom. The topological polar surface area (TPSA) is 37.4 Å². The molecule has 0 bridgehead atoms. The number of hydrogen-bond acceptors (Lipinski definition) is 7. The molecule has 1 aliphatic heterocycles. The normalized spacial score (nSPS) is 14.7. The second-order valence-electron chi connectivity index (χ2n) is 10.2. The van der Waals surface area contributed by atoms with E-state index in [0.29, 0.717) is 23.6 Å². The maximum atomic E-state index is 13.8. The standard InChI is InChI=1S/C27H33NO2S5Se/c1-7-9-10-14(8-2)13-28-24(29)19-20(25(28)30)23(27(3,4)5)36-22(19)21-15(31)11-17(34-21)18-12-16(32)26(33-6)35-18/h11-12,14,31-32H,7-10,13H2,1-6H3. The van der Waals surface area contributed by atoms with E-state index in [-0.39, 0.29) is 31.7 Å². The Balaban J connectivity index is 1.79. The second kappa shape index (κ2) is 11.4. The third-order valence-corrected chi connectivity index (χ3v) is 15.0. The summed E-state index contributed by atoms with van der Waals surface area (Å²) in [5.74, 6) is 0.146. The van der Waals surface area contributed by atoms with Crippen LogP contribution in [-0.4, -0.2) is 44.0 Å². The van der Waals surface area contributed by atoms with Gasteiger partial charge >= 0.3 is 246 Å². The van der Waals surface area contributed by atoms with Crippen LogP contribution in [0.3, 0.4) is 0 Å². The maximum absolute atomic E-state index is 13.8. The monoisotopic (exact) mass is 643 g/mol. The fourth-order valence-corrected chi connectivity index (χ4v) is 11.7. The Bertz CT molecular complexity index is 1300. The first-order chi connectivity index (χ1) is 17.0. The Labute approximate surface area is 244 Å². The minimum absolute atomic E-state index is 0.0909. The first kappa shape index (κ1) is 28.6. The summed E-state index contributed by atoms with van der Waals surface area (Å²) >= 11 is 14.5. The van der Waals surface area contributed by atoms with Crippen molar-refractivity contribution in [2.75, 3.05) is 12.8 Å². The molecule has 36 heavy (non-hydrogen) atoms. The van der Waals surface area contributed by atoms with Crippen LogP contribution >= 0.6 is 59.7 Å². The summed E-state index contributed by atoms with van der Waals surface area (Å²) in [5, 5.41) is 0. The summed E-state index contributed by atoms with van der Waals surface area (Å²) in [6, 6.07) is 4.21. The molecule has 4 heterocycles. The molecule has 0 N–H and O–H groups in total. The van der Waals surface area contributed by atoms with Crippen molar-refractivity contribution < 1.29 is 9.59 Å². The van der Waals surface area contributed by atoms with Crippen molar-refractivity contribution in [2.24, 2.45) is 5.92 Å². The van der Waals surface area contributed by atoms with Gasteiger partial charge in [-0.25, -0.2) is 0 Å². The van der Waals surface area contributed by atoms with Crippen molar-refractivity contribution in [1.29, 1.82) is 0 Å². The van der Waals surface area contributed by atoms with Crippen molar-refractivity contribution in [2.45, 2.75) is 79.7 Å². The van der Waals surface area contributed by atoms with Crippen LogP contribution in [0.2, 0.25) is 0 Å². The Morgan fingerprint density at radius 3 is 2.25 bits per heavy atom. The summed E-state index contributed by atoms with van der Waals surface area (Å²) in [6.45, 7) is 11.3. The van der Waals surface area contributed by atoms with E-state index in [9.17, 15) is 9.59 Å². The number of unbranched alkanes of at least 4 members (excludes halogenated alkanes) is 1. The number of hydrogen-bond donors (Lipinski definition) is 2. The van der Waals surface area contributed by atoms with E-state index in [4.69, 9.17) is 12.6 Å². The van der Waals surface area contributed by atoms with E-state index in [1.54, 1.807) is 39.3 Å². The molecule has 0 radical (unpaired) electrons. The molecular formula is C27H33NO2S5Se. The van der Waals surface area contributed by atoms with Crippen LogP contribution in [0.1, 0.15) is 85.5 Å². The Kier molecular flexibility index (Phi) is 9.03. The average molecular weight is 643 g/mol. The molecule has 0 fully saturated rings. The number of carbonyl (C=O) groups excluding carboxylic acids is 2.